The standard InChI is InChI=1S/C22H23N5O5/c1-13(28)20-21(29)18(10-15-12-24(3)17-7-5-4-6-16(15)17)26(22(20)30)9-8-25-14(2)23-11-19(25)27(31)32/h4-7,11-12,18,29H,8-10H2,1-3H3. The normalized spacial score (nSPS) is 16.4. The van der Waals surface area contributed by atoms with Crippen LogP contribution in [0.1, 0.15) is 18.3 Å². The molecule has 0 spiro atoms. The maximum Gasteiger partial charge on any atom is 0.342 e. The summed E-state index contributed by atoms with van der Waals surface area (Å²) in [4.78, 5) is 41.3. The molecule has 1 aromatic carbocycles. The number of aryl methyl sites for hydroxylation is 2. The third kappa shape index (κ3) is 3.43. The largest absolute Gasteiger partial charge is 0.509 e. The zero-order valence-corrected chi connectivity index (χ0v) is 18.0. The number of nitro groups is 1. The van der Waals surface area contributed by atoms with Gasteiger partial charge in [0.15, 0.2) is 11.6 Å². The van der Waals surface area contributed by atoms with E-state index in [-0.39, 0.29) is 30.2 Å². The first-order valence-corrected chi connectivity index (χ1v) is 10.1. The van der Waals surface area contributed by atoms with Gasteiger partial charge in [-0.05, 0) is 23.5 Å². The van der Waals surface area contributed by atoms with Crippen LogP contribution in [0.15, 0.2) is 48.0 Å². The molecule has 0 bridgehead atoms. The van der Waals surface area contributed by atoms with Crippen LogP contribution in [0.5, 0.6) is 0 Å². The zero-order valence-electron chi connectivity index (χ0n) is 18.0. The lowest BCUT2D eigenvalue weighted by Gasteiger charge is -2.25. The van der Waals surface area contributed by atoms with Gasteiger partial charge in [-0.2, -0.15) is 0 Å². The van der Waals surface area contributed by atoms with Gasteiger partial charge in [-0.3, -0.25) is 9.59 Å². The number of ketones is 1. The first kappa shape index (κ1) is 21.3. The number of amides is 1. The lowest BCUT2D eigenvalue weighted by molar-refractivity contribution is -0.392. The van der Waals surface area contributed by atoms with Crippen molar-refractivity contribution in [3.63, 3.8) is 0 Å². The number of rotatable bonds is 7. The molecule has 2 aromatic heterocycles. The molecule has 0 radical (unpaired) electrons. The predicted octanol–water partition coefficient (Wildman–Crippen LogP) is 2.45. The molecule has 1 aliphatic heterocycles. The SMILES string of the molecule is CC(=O)C1=C(O)C(Cc2cn(C)c3ccccc23)N(CCn2c([N+](=O)[O-])cnc2C)C1=O. The number of carbonyl (C=O) groups excluding carboxylic acids is 2. The topological polar surface area (TPSA) is 124 Å². The Bertz CT molecular complexity index is 1290. The number of aliphatic hydroxyl groups excluding tert-OH is 1. The molecule has 1 N–H and O–H groups in total. The van der Waals surface area contributed by atoms with Crippen molar-refractivity contribution in [2.75, 3.05) is 6.54 Å². The fourth-order valence-corrected chi connectivity index (χ4v) is 4.39. The highest BCUT2D eigenvalue weighted by molar-refractivity contribution is 6.20. The molecule has 1 atom stereocenters. The van der Waals surface area contributed by atoms with Crippen molar-refractivity contribution in [2.24, 2.45) is 7.05 Å². The minimum Gasteiger partial charge on any atom is -0.509 e. The minimum atomic E-state index is -0.741. The van der Waals surface area contributed by atoms with Crippen LogP contribution in [0.3, 0.4) is 0 Å². The van der Waals surface area contributed by atoms with Crippen LogP contribution in [-0.2, 0) is 29.6 Å². The predicted molar refractivity (Wildman–Crippen MR) is 116 cm³/mol. The molecule has 32 heavy (non-hydrogen) atoms. The maximum absolute atomic E-state index is 13.0. The Morgan fingerprint density at radius 2 is 2.00 bits per heavy atom. The molecule has 0 aliphatic carbocycles. The second kappa shape index (κ2) is 7.95. The van der Waals surface area contributed by atoms with Crippen LogP contribution in [0.4, 0.5) is 5.82 Å². The second-order valence-corrected chi connectivity index (χ2v) is 7.89. The fraction of sp³-hybridized carbons (Fsp3) is 0.318. The molecule has 3 aromatic rings. The van der Waals surface area contributed by atoms with Crippen LogP contribution < -0.4 is 0 Å². The molecule has 0 saturated heterocycles. The Morgan fingerprint density at radius 1 is 1.28 bits per heavy atom. The third-order valence-corrected chi connectivity index (χ3v) is 5.95. The zero-order chi connectivity index (χ0) is 23.2. The van der Waals surface area contributed by atoms with Gasteiger partial charge in [-0.25, -0.2) is 9.55 Å². The molecule has 1 amide bonds. The lowest BCUT2D eigenvalue weighted by atomic mass is 10.0. The number of para-hydroxylation sites is 1. The Kier molecular flexibility index (Phi) is 5.29. The van der Waals surface area contributed by atoms with Gasteiger partial charge in [0, 0.05) is 37.5 Å². The van der Waals surface area contributed by atoms with Gasteiger partial charge in [-0.15, -0.1) is 0 Å². The molecule has 1 aliphatic rings. The van der Waals surface area contributed by atoms with Gasteiger partial charge in [0.05, 0.1) is 12.6 Å². The number of nitrogens with zero attached hydrogens (tertiary/aromatic N) is 5. The molecule has 1 unspecified atom stereocenters. The van der Waals surface area contributed by atoms with Gasteiger partial charge in [-0.1, -0.05) is 18.2 Å². The summed E-state index contributed by atoms with van der Waals surface area (Å²) in [5, 5.41) is 23.1. The van der Waals surface area contributed by atoms with Crippen molar-refractivity contribution in [1.82, 2.24) is 19.0 Å². The lowest BCUT2D eigenvalue weighted by Crippen LogP contribution is -2.39. The molecule has 10 nitrogen and oxygen atoms in total. The van der Waals surface area contributed by atoms with Gasteiger partial charge >= 0.3 is 5.82 Å². The van der Waals surface area contributed by atoms with E-state index in [0.29, 0.717) is 12.2 Å². The summed E-state index contributed by atoms with van der Waals surface area (Å²) in [5.74, 6) is -1.07. The van der Waals surface area contributed by atoms with E-state index in [9.17, 15) is 24.8 Å². The fourth-order valence-electron chi connectivity index (χ4n) is 4.39. The van der Waals surface area contributed by atoms with Crippen LogP contribution in [0, 0.1) is 17.0 Å². The highest BCUT2D eigenvalue weighted by Crippen LogP contribution is 2.31. The first-order valence-electron chi connectivity index (χ1n) is 10.1. The van der Waals surface area contributed by atoms with E-state index in [2.05, 4.69) is 4.98 Å². The van der Waals surface area contributed by atoms with E-state index >= 15 is 0 Å². The number of aliphatic hydroxyl groups is 1. The highest BCUT2D eigenvalue weighted by atomic mass is 16.6. The smallest absolute Gasteiger partial charge is 0.342 e. The number of carbonyl (C=O) groups is 2. The molecule has 3 heterocycles. The van der Waals surface area contributed by atoms with E-state index in [0.717, 1.165) is 16.5 Å². The van der Waals surface area contributed by atoms with Gasteiger partial charge in [0.25, 0.3) is 5.91 Å². The van der Waals surface area contributed by atoms with E-state index < -0.39 is 22.7 Å². The first-order chi connectivity index (χ1) is 15.2. The number of aromatic nitrogens is 3. The Balaban J connectivity index is 1.67. The maximum atomic E-state index is 13.0. The minimum absolute atomic E-state index is 0.0765. The van der Waals surface area contributed by atoms with Gasteiger partial charge < -0.3 is 24.7 Å². The van der Waals surface area contributed by atoms with Gasteiger partial charge in [0.1, 0.15) is 24.1 Å². The molecule has 166 valence electrons. The summed E-state index contributed by atoms with van der Waals surface area (Å²) in [7, 11) is 1.92. The van der Waals surface area contributed by atoms with Crippen molar-refractivity contribution in [3.05, 3.63) is 69.5 Å². The summed E-state index contributed by atoms with van der Waals surface area (Å²) in [6.45, 7) is 3.07. The Morgan fingerprint density at radius 3 is 2.69 bits per heavy atom. The Labute approximate surface area is 183 Å². The van der Waals surface area contributed by atoms with Crippen LogP contribution >= 0.6 is 0 Å². The molecule has 4 rings (SSSR count). The molecular weight excluding hydrogens is 414 g/mol. The second-order valence-electron chi connectivity index (χ2n) is 7.89. The van der Waals surface area contributed by atoms with Crippen LogP contribution in [-0.4, -0.2) is 53.3 Å². The van der Waals surface area contributed by atoms with Crippen molar-refractivity contribution < 1.29 is 19.6 Å². The van der Waals surface area contributed by atoms with Crippen molar-refractivity contribution in [2.45, 2.75) is 32.9 Å². The summed E-state index contributed by atoms with van der Waals surface area (Å²) in [6.07, 6.45) is 3.42. The summed E-state index contributed by atoms with van der Waals surface area (Å²) >= 11 is 0. The average molecular weight is 437 g/mol. The summed E-state index contributed by atoms with van der Waals surface area (Å²) in [6, 6.07) is 7.06. The number of hydrogen-bond acceptors (Lipinski definition) is 6. The number of benzene rings is 1. The van der Waals surface area contributed by atoms with E-state index in [1.807, 2.05) is 42.1 Å². The highest BCUT2D eigenvalue weighted by Gasteiger charge is 2.42. The van der Waals surface area contributed by atoms with Crippen molar-refractivity contribution in [3.8, 4) is 0 Å². The molecule has 0 saturated carbocycles. The third-order valence-electron chi connectivity index (χ3n) is 5.95. The monoisotopic (exact) mass is 437 g/mol. The summed E-state index contributed by atoms with van der Waals surface area (Å²) in [5.41, 5.74) is 1.71. The number of fused-ring (bicyclic) bond motifs is 1. The number of imidazole rings is 1. The van der Waals surface area contributed by atoms with E-state index in [1.165, 1.54) is 22.6 Å². The molecule has 0 fully saturated rings. The Hall–Kier alpha value is -3.95. The molecule has 10 heteroatoms. The molecular formula is C22H23N5O5. The number of hydrogen-bond donors (Lipinski definition) is 1. The van der Waals surface area contributed by atoms with Crippen LogP contribution in [0.25, 0.3) is 10.9 Å². The van der Waals surface area contributed by atoms with Crippen molar-refractivity contribution in [1.29, 1.82) is 0 Å². The summed E-state index contributed by atoms with van der Waals surface area (Å²) < 4.78 is 3.38. The van der Waals surface area contributed by atoms with Crippen molar-refractivity contribution >= 4 is 28.4 Å². The quantitative estimate of drug-likeness (QED) is 0.344. The average Bonchev–Trinajstić information content (AvgIpc) is 3.34. The number of Topliss-reactive ketones (excluding diaryl/α,β-unsaturated/α-hetero) is 1. The van der Waals surface area contributed by atoms with Gasteiger partial charge in [0.2, 0.25) is 0 Å². The van der Waals surface area contributed by atoms with Crippen LogP contribution in [0.2, 0.25) is 0 Å². The van der Waals surface area contributed by atoms with E-state index in [1.54, 1.807) is 6.92 Å². The van der Waals surface area contributed by atoms with E-state index in [4.69, 9.17) is 0 Å².